The van der Waals surface area contributed by atoms with Gasteiger partial charge in [0.05, 0.1) is 16.9 Å². The number of nitrogens with one attached hydrogen (secondary N) is 1. The zero-order valence-electron chi connectivity index (χ0n) is 13.9. The highest BCUT2D eigenvalue weighted by molar-refractivity contribution is 5.95. The lowest BCUT2D eigenvalue weighted by Gasteiger charge is -2.44. The highest BCUT2D eigenvalue weighted by atomic mass is 16.6. The Morgan fingerprint density at radius 2 is 2.05 bits per heavy atom. The number of amides is 1. The van der Waals surface area contributed by atoms with Crippen molar-refractivity contribution in [2.24, 2.45) is 0 Å². The Morgan fingerprint density at radius 1 is 1.38 bits per heavy atom. The van der Waals surface area contributed by atoms with Crippen molar-refractivity contribution in [3.63, 3.8) is 0 Å². The van der Waals surface area contributed by atoms with Gasteiger partial charge < -0.3 is 10.1 Å². The minimum atomic E-state index is -0.499. The van der Waals surface area contributed by atoms with Gasteiger partial charge in [0.2, 0.25) is 0 Å². The number of hydrogen-bond donors (Lipinski definition) is 1. The van der Waals surface area contributed by atoms with Crippen molar-refractivity contribution in [2.75, 3.05) is 16.8 Å². The number of hydrogen-bond acceptors (Lipinski definition) is 3. The fourth-order valence-electron chi connectivity index (χ4n) is 2.50. The number of rotatable bonds is 1. The van der Waals surface area contributed by atoms with Gasteiger partial charge in [-0.1, -0.05) is 13.0 Å². The third kappa shape index (κ3) is 3.31. The molecule has 116 valence electrons. The Kier molecular flexibility index (Phi) is 3.91. The van der Waals surface area contributed by atoms with Gasteiger partial charge in [-0.25, -0.2) is 4.79 Å². The van der Waals surface area contributed by atoms with Crippen LogP contribution in [0.5, 0.6) is 0 Å². The number of fused-ring (bicyclic) bond motifs is 1. The summed E-state index contributed by atoms with van der Waals surface area (Å²) >= 11 is 0. The molecule has 0 unspecified atom stereocenters. The fourth-order valence-corrected chi connectivity index (χ4v) is 2.50. The van der Waals surface area contributed by atoms with Gasteiger partial charge in [0.1, 0.15) is 5.60 Å². The van der Waals surface area contributed by atoms with Crippen LogP contribution in [0.1, 0.15) is 47.1 Å². The first kappa shape index (κ1) is 15.7. The van der Waals surface area contributed by atoms with Gasteiger partial charge in [-0.05, 0) is 58.7 Å². The van der Waals surface area contributed by atoms with Gasteiger partial charge in [0, 0.05) is 6.54 Å². The van der Waals surface area contributed by atoms with Crippen LogP contribution in [0.3, 0.4) is 0 Å². The lowest BCUT2D eigenvalue weighted by atomic mass is 9.97. The molecule has 1 aromatic carbocycles. The smallest absolute Gasteiger partial charge is 0.415 e. The van der Waals surface area contributed by atoms with E-state index in [1.807, 2.05) is 40.7 Å². The molecule has 0 spiro atoms. The van der Waals surface area contributed by atoms with Crippen LogP contribution >= 0.6 is 0 Å². The number of nitrogens with zero attached hydrogens (tertiary/aromatic N) is 1. The SMILES string of the molecule is CCc1ccc2c(c1)N(C(=O)OC(C)(C)C)C(C)(C)CN2. The summed E-state index contributed by atoms with van der Waals surface area (Å²) in [7, 11) is 0. The van der Waals surface area contributed by atoms with Crippen molar-refractivity contribution in [1.29, 1.82) is 0 Å². The van der Waals surface area contributed by atoms with Crippen LogP contribution in [0.15, 0.2) is 18.2 Å². The fraction of sp³-hybridized carbons (Fsp3) is 0.588. The predicted octanol–water partition coefficient (Wildman–Crippen LogP) is 4.19. The monoisotopic (exact) mass is 290 g/mol. The van der Waals surface area contributed by atoms with Crippen LogP contribution in [0, 0.1) is 0 Å². The van der Waals surface area contributed by atoms with Crippen molar-refractivity contribution < 1.29 is 9.53 Å². The molecule has 0 aliphatic carbocycles. The summed E-state index contributed by atoms with van der Waals surface area (Å²) in [5, 5.41) is 3.40. The third-order valence-corrected chi connectivity index (χ3v) is 3.60. The van der Waals surface area contributed by atoms with E-state index >= 15 is 0 Å². The van der Waals surface area contributed by atoms with Crippen LogP contribution in [0.2, 0.25) is 0 Å². The Bertz CT molecular complexity index is 544. The van der Waals surface area contributed by atoms with E-state index in [9.17, 15) is 4.79 Å². The Morgan fingerprint density at radius 3 is 2.62 bits per heavy atom. The molecule has 0 fully saturated rings. The molecule has 0 aromatic heterocycles. The summed E-state index contributed by atoms with van der Waals surface area (Å²) < 4.78 is 5.60. The van der Waals surface area contributed by atoms with Crippen LogP contribution < -0.4 is 10.2 Å². The molecule has 21 heavy (non-hydrogen) atoms. The average Bonchev–Trinajstić information content (AvgIpc) is 2.34. The molecule has 1 aliphatic rings. The van der Waals surface area contributed by atoms with Crippen LogP contribution in [0.25, 0.3) is 0 Å². The molecule has 0 bridgehead atoms. The minimum Gasteiger partial charge on any atom is -0.443 e. The van der Waals surface area contributed by atoms with Gasteiger partial charge in [-0.3, -0.25) is 4.90 Å². The van der Waals surface area contributed by atoms with Crippen LogP contribution in [0.4, 0.5) is 16.2 Å². The second-order valence-corrected chi connectivity index (χ2v) is 7.19. The second kappa shape index (κ2) is 5.24. The zero-order chi connectivity index (χ0) is 15.8. The molecular formula is C17H26N2O2. The van der Waals surface area contributed by atoms with E-state index in [1.165, 1.54) is 5.56 Å². The zero-order valence-corrected chi connectivity index (χ0v) is 13.9. The molecule has 1 aromatic rings. The Balaban J connectivity index is 2.44. The minimum absolute atomic E-state index is 0.288. The maximum absolute atomic E-state index is 12.7. The first-order valence-corrected chi connectivity index (χ1v) is 7.54. The van der Waals surface area contributed by atoms with Crippen molar-refractivity contribution in [2.45, 2.75) is 59.1 Å². The van der Waals surface area contributed by atoms with Gasteiger partial charge >= 0.3 is 6.09 Å². The highest BCUT2D eigenvalue weighted by Gasteiger charge is 2.39. The number of carbonyl (C=O) groups excluding carboxylic acids is 1. The van der Waals surface area contributed by atoms with E-state index in [1.54, 1.807) is 4.90 Å². The summed E-state index contributed by atoms with van der Waals surface area (Å²) in [5.74, 6) is 0. The van der Waals surface area contributed by atoms with E-state index < -0.39 is 5.60 Å². The first-order chi connectivity index (χ1) is 9.64. The van der Waals surface area contributed by atoms with Gasteiger partial charge in [0.15, 0.2) is 0 Å². The van der Waals surface area contributed by atoms with Crippen molar-refractivity contribution in [1.82, 2.24) is 0 Å². The van der Waals surface area contributed by atoms with E-state index in [0.29, 0.717) is 6.54 Å². The molecule has 4 nitrogen and oxygen atoms in total. The topological polar surface area (TPSA) is 41.6 Å². The quantitative estimate of drug-likeness (QED) is 0.843. The maximum Gasteiger partial charge on any atom is 0.415 e. The third-order valence-electron chi connectivity index (χ3n) is 3.60. The van der Waals surface area contributed by atoms with Crippen molar-refractivity contribution in [3.05, 3.63) is 23.8 Å². The Hall–Kier alpha value is -1.71. The lowest BCUT2D eigenvalue weighted by molar-refractivity contribution is 0.0546. The molecular weight excluding hydrogens is 264 g/mol. The molecule has 4 heteroatoms. The van der Waals surface area contributed by atoms with Gasteiger partial charge in [-0.15, -0.1) is 0 Å². The Labute approximate surface area is 127 Å². The molecule has 1 aliphatic heterocycles. The van der Waals surface area contributed by atoms with Crippen molar-refractivity contribution >= 4 is 17.5 Å². The summed E-state index contributed by atoms with van der Waals surface area (Å²) in [5.41, 5.74) is 2.27. The molecule has 0 radical (unpaired) electrons. The van der Waals surface area contributed by atoms with E-state index in [-0.39, 0.29) is 11.6 Å². The largest absolute Gasteiger partial charge is 0.443 e. The molecule has 1 N–H and O–H groups in total. The molecule has 1 amide bonds. The molecule has 0 saturated carbocycles. The normalized spacial score (nSPS) is 17.0. The van der Waals surface area contributed by atoms with Crippen LogP contribution in [-0.2, 0) is 11.2 Å². The van der Waals surface area contributed by atoms with E-state index in [4.69, 9.17) is 4.74 Å². The number of aryl methyl sites for hydroxylation is 1. The number of benzene rings is 1. The standard InChI is InChI=1S/C17H26N2O2/c1-7-12-8-9-13-14(10-12)19(17(5,6)11-18-13)15(20)21-16(2,3)4/h8-10,18H,7,11H2,1-6H3. The summed E-state index contributed by atoms with van der Waals surface area (Å²) in [6, 6.07) is 6.21. The molecule has 2 rings (SSSR count). The van der Waals surface area contributed by atoms with Gasteiger partial charge in [-0.2, -0.15) is 0 Å². The maximum atomic E-state index is 12.7. The molecule has 0 atom stereocenters. The number of anilines is 2. The van der Waals surface area contributed by atoms with Crippen LogP contribution in [-0.4, -0.2) is 23.8 Å². The predicted molar refractivity (Wildman–Crippen MR) is 87.1 cm³/mol. The average molecular weight is 290 g/mol. The summed E-state index contributed by atoms with van der Waals surface area (Å²) in [6.07, 6.45) is 0.652. The number of ether oxygens (including phenoxy) is 1. The lowest BCUT2D eigenvalue weighted by Crippen LogP contribution is -2.56. The van der Waals surface area contributed by atoms with Gasteiger partial charge in [0.25, 0.3) is 0 Å². The highest BCUT2D eigenvalue weighted by Crippen LogP contribution is 2.37. The first-order valence-electron chi connectivity index (χ1n) is 7.54. The summed E-state index contributed by atoms with van der Waals surface area (Å²) in [6.45, 7) is 12.6. The summed E-state index contributed by atoms with van der Waals surface area (Å²) in [4.78, 5) is 14.4. The van der Waals surface area contributed by atoms with E-state index in [0.717, 1.165) is 17.8 Å². The molecule has 1 heterocycles. The molecule has 0 saturated heterocycles. The van der Waals surface area contributed by atoms with E-state index in [2.05, 4.69) is 24.4 Å². The van der Waals surface area contributed by atoms with Crippen molar-refractivity contribution in [3.8, 4) is 0 Å². The second-order valence-electron chi connectivity index (χ2n) is 7.19. The number of carbonyl (C=O) groups is 1.